The zero-order chi connectivity index (χ0) is 19.5. The van der Waals surface area contributed by atoms with Crippen molar-refractivity contribution in [2.24, 2.45) is 0 Å². The quantitative estimate of drug-likeness (QED) is 0.614. The van der Waals surface area contributed by atoms with Crippen molar-refractivity contribution >= 4 is 50.8 Å². The highest BCUT2D eigenvalue weighted by molar-refractivity contribution is 7.99. The molecule has 1 aliphatic carbocycles. The maximum atomic E-state index is 12.5. The van der Waals surface area contributed by atoms with Crippen LogP contribution in [0.5, 0.6) is 0 Å². The molecular formula is C20H20ClN3O2S2. The first-order chi connectivity index (χ1) is 13.6. The Hall–Kier alpha value is -1.83. The molecule has 0 atom stereocenters. The lowest BCUT2D eigenvalue weighted by Crippen LogP contribution is -2.24. The number of rotatable bonds is 6. The summed E-state index contributed by atoms with van der Waals surface area (Å²) < 4.78 is 0. The summed E-state index contributed by atoms with van der Waals surface area (Å²) in [6, 6.07) is 7.39. The molecular weight excluding hydrogens is 414 g/mol. The number of aryl methyl sites for hydroxylation is 2. The summed E-state index contributed by atoms with van der Waals surface area (Å²) in [5.74, 6) is 1.40. The number of hydrogen-bond donors (Lipinski definition) is 2. The number of thiophene rings is 1. The van der Waals surface area contributed by atoms with Gasteiger partial charge in [0.05, 0.1) is 16.9 Å². The van der Waals surface area contributed by atoms with E-state index in [4.69, 9.17) is 11.6 Å². The van der Waals surface area contributed by atoms with Gasteiger partial charge in [-0.05, 0) is 48.9 Å². The molecule has 0 saturated carbocycles. The molecule has 0 unspecified atom stereocenters. The first kappa shape index (κ1) is 19.5. The zero-order valence-electron chi connectivity index (χ0n) is 15.2. The predicted octanol–water partition coefficient (Wildman–Crippen LogP) is 4.07. The number of thioether (sulfide) groups is 1. The van der Waals surface area contributed by atoms with E-state index in [0.717, 1.165) is 35.0 Å². The van der Waals surface area contributed by atoms with E-state index in [2.05, 4.69) is 15.3 Å². The van der Waals surface area contributed by atoms with Crippen LogP contribution in [0.4, 0.5) is 0 Å². The van der Waals surface area contributed by atoms with Crippen molar-refractivity contribution in [2.75, 3.05) is 5.75 Å². The van der Waals surface area contributed by atoms with Crippen LogP contribution in [0.3, 0.4) is 0 Å². The lowest BCUT2D eigenvalue weighted by molar-refractivity contribution is -0.118. The molecule has 3 aromatic rings. The normalized spacial score (nSPS) is 13.5. The second-order valence-electron chi connectivity index (χ2n) is 6.80. The van der Waals surface area contributed by atoms with Crippen molar-refractivity contribution in [1.82, 2.24) is 15.3 Å². The number of halogens is 1. The number of H-pyrrole nitrogens is 1. The van der Waals surface area contributed by atoms with E-state index in [1.165, 1.54) is 28.6 Å². The molecule has 2 N–H and O–H groups in total. The van der Waals surface area contributed by atoms with Crippen LogP contribution < -0.4 is 10.9 Å². The summed E-state index contributed by atoms with van der Waals surface area (Å²) in [6.45, 7) is 0.471. The van der Waals surface area contributed by atoms with Gasteiger partial charge < -0.3 is 10.3 Å². The summed E-state index contributed by atoms with van der Waals surface area (Å²) in [7, 11) is 0. The summed E-state index contributed by atoms with van der Waals surface area (Å²) >= 11 is 8.95. The van der Waals surface area contributed by atoms with Crippen molar-refractivity contribution in [3.05, 3.63) is 61.5 Å². The van der Waals surface area contributed by atoms with Crippen LogP contribution in [-0.4, -0.2) is 21.6 Å². The minimum Gasteiger partial charge on any atom is -0.351 e. The van der Waals surface area contributed by atoms with Gasteiger partial charge in [-0.25, -0.2) is 4.98 Å². The molecule has 4 rings (SSSR count). The molecule has 0 saturated heterocycles. The van der Waals surface area contributed by atoms with Crippen LogP contribution in [0.1, 0.15) is 34.7 Å². The molecule has 5 nitrogen and oxygen atoms in total. The highest BCUT2D eigenvalue weighted by atomic mass is 35.5. The number of nitrogens with one attached hydrogen (secondary N) is 2. The fraction of sp³-hybridized carbons (Fsp3) is 0.350. The number of hydrogen-bond acceptors (Lipinski definition) is 5. The second-order valence-corrected chi connectivity index (χ2v) is 9.31. The number of nitrogens with zero attached hydrogens (tertiary/aromatic N) is 1. The maximum absolute atomic E-state index is 12.5. The standard InChI is InChI=1S/C20H20ClN3O2S2/c21-13-7-5-12(6-8-13)9-22-17(25)11-27-10-16-23-19(26)18-14-3-1-2-4-15(14)28-20(18)24-16/h5-8H,1-4,9-11H2,(H,22,25)(H,23,24,26). The van der Waals surface area contributed by atoms with E-state index in [0.29, 0.717) is 28.9 Å². The van der Waals surface area contributed by atoms with Crippen molar-refractivity contribution < 1.29 is 4.79 Å². The van der Waals surface area contributed by atoms with E-state index in [9.17, 15) is 9.59 Å². The Bertz CT molecular complexity index is 1060. The highest BCUT2D eigenvalue weighted by Gasteiger charge is 2.19. The highest BCUT2D eigenvalue weighted by Crippen LogP contribution is 2.33. The number of carbonyl (C=O) groups is 1. The molecule has 28 heavy (non-hydrogen) atoms. The Morgan fingerprint density at radius 2 is 2.04 bits per heavy atom. The largest absolute Gasteiger partial charge is 0.351 e. The fourth-order valence-corrected chi connectivity index (χ4v) is 5.50. The molecule has 1 aliphatic rings. The number of amides is 1. The Morgan fingerprint density at radius 3 is 2.86 bits per heavy atom. The molecule has 8 heteroatoms. The molecule has 1 amide bonds. The molecule has 0 aliphatic heterocycles. The van der Waals surface area contributed by atoms with Gasteiger partial charge in [0, 0.05) is 16.4 Å². The van der Waals surface area contributed by atoms with Crippen molar-refractivity contribution in [3.63, 3.8) is 0 Å². The molecule has 0 fully saturated rings. The Morgan fingerprint density at radius 1 is 1.25 bits per heavy atom. The summed E-state index contributed by atoms with van der Waals surface area (Å²) in [5.41, 5.74) is 2.15. The van der Waals surface area contributed by atoms with Gasteiger partial charge in [0.25, 0.3) is 5.56 Å². The average Bonchev–Trinajstić information content (AvgIpc) is 3.06. The maximum Gasteiger partial charge on any atom is 0.259 e. The summed E-state index contributed by atoms with van der Waals surface area (Å²) in [4.78, 5) is 34.2. The van der Waals surface area contributed by atoms with Gasteiger partial charge >= 0.3 is 0 Å². The van der Waals surface area contributed by atoms with Gasteiger partial charge in [-0.3, -0.25) is 9.59 Å². The van der Waals surface area contributed by atoms with Crippen molar-refractivity contribution in [3.8, 4) is 0 Å². The summed E-state index contributed by atoms with van der Waals surface area (Å²) in [6.07, 6.45) is 4.35. The number of benzene rings is 1. The lowest BCUT2D eigenvalue weighted by Gasteiger charge is -2.09. The third-order valence-corrected chi connectivity index (χ3v) is 7.13. The molecule has 146 valence electrons. The van der Waals surface area contributed by atoms with Crippen LogP contribution in [0.2, 0.25) is 5.02 Å². The lowest BCUT2D eigenvalue weighted by atomic mass is 9.97. The first-order valence-corrected chi connectivity index (χ1v) is 11.6. The van der Waals surface area contributed by atoms with Crippen LogP contribution in [0, 0.1) is 0 Å². The fourth-order valence-electron chi connectivity index (χ4n) is 3.37. The van der Waals surface area contributed by atoms with E-state index in [1.807, 2.05) is 12.1 Å². The first-order valence-electron chi connectivity index (χ1n) is 9.22. The van der Waals surface area contributed by atoms with Crippen molar-refractivity contribution in [1.29, 1.82) is 0 Å². The molecule has 2 aromatic heterocycles. The van der Waals surface area contributed by atoms with Gasteiger partial charge in [-0.15, -0.1) is 23.1 Å². The van der Waals surface area contributed by atoms with Crippen LogP contribution in [-0.2, 0) is 29.9 Å². The van der Waals surface area contributed by atoms with Gasteiger partial charge in [0.2, 0.25) is 5.91 Å². The van der Waals surface area contributed by atoms with Gasteiger partial charge in [-0.2, -0.15) is 0 Å². The van der Waals surface area contributed by atoms with Crippen LogP contribution in [0.15, 0.2) is 29.1 Å². The van der Waals surface area contributed by atoms with Crippen LogP contribution >= 0.6 is 34.7 Å². The van der Waals surface area contributed by atoms with E-state index in [-0.39, 0.29) is 11.5 Å². The van der Waals surface area contributed by atoms with Gasteiger partial charge in [0.1, 0.15) is 10.7 Å². The van der Waals surface area contributed by atoms with Gasteiger partial charge in [0.15, 0.2) is 0 Å². The average molecular weight is 434 g/mol. The van der Waals surface area contributed by atoms with E-state index < -0.39 is 0 Å². The third-order valence-electron chi connectivity index (χ3n) is 4.75. The number of fused-ring (bicyclic) bond motifs is 3. The monoisotopic (exact) mass is 433 g/mol. The van der Waals surface area contributed by atoms with Crippen LogP contribution in [0.25, 0.3) is 10.2 Å². The Labute approximate surface area is 175 Å². The summed E-state index contributed by atoms with van der Waals surface area (Å²) in [5, 5.41) is 4.33. The topological polar surface area (TPSA) is 74.8 Å². The Balaban J connectivity index is 1.33. The smallest absolute Gasteiger partial charge is 0.259 e. The number of aromatic amines is 1. The second kappa shape index (κ2) is 8.68. The molecule has 0 bridgehead atoms. The molecule has 2 heterocycles. The predicted molar refractivity (Wildman–Crippen MR) is 116 cm³/mol. The molecule has 0 radical (unpaired) electrons. The number of carbonyl (C=O) groups excluding carboxylic acids is 1. The Kier molecular flexibility index (Phi) is 6.04. The minimum atomic E-state index is -0.0489. The molecule has 0 spiro atoms. The van der Waals surface area contributed by atoms with Crippen molar-refractivity contribution in [2.45, 2.75) is 38.0 Å². The SMILES string of the molecule is O=C(CSCc1nc2sc3c(c2c(=O)[nH]1)CCCC3)NCc1ccc(Cl)cc1. The number of aromatic nitrogens is 2. The minimum absolute atomic E-state index is 0.0463. The zero-order valence-corrected chi connectivity index (χ0v) is 17.6. The third kappa shape index (κ3) is 4.42. The van der Waals surface area contributed by atoms with E-state index in [1.54, 1.807) is 23.5 Å². The van der Waals surface area contributed by atoms with E-state index >= 15 is 0 Å². The molecule has 1 aromatic carbocycles. The van der Waals surface area contributed by atoms with Gasteiger partial charge in [-0.1, -0.05) is 23.7 Å².